The highest BCUT2D eigenvalue weighted by Crippen LogP contribution is 2.32. The van der Waals surface area contributed by atoms with Crippen molar-refractivity contribution < 1.29 is 19.1 Å². The second kappa shape index (κ2) is 5.23. The number of likely N-dealkylation sites (tertiary alicyclic amines) is 1. The monoisotopic (exact) mass is 279 g/mol. The predicted octanol–water partition coefficient (Wildman–Crippen LogP) is 2.39. The summed E-state index contributed by atoms with van der Waals surface area (Å²) in [6.07, 6.45) is 1.12. The van der Waals surface area contributed by atoms with Gasteiger partial charge in [0.15, 0.2) is 0 Å². The van der Waals surface area contributed by atoms with E-state index in [1.807, 2.05) is 0 Å². The summed E-state index contributed by atoms with van der Waals surface area (Å²) < 4.78 is 13.2. The van der Waals surface area contributed by atoms with E-state index in [0.717, 1.165) is 0 Å². The number of aliphatic carboxylic acids is 1. The summed E-state index contributed by atoms with van der Waals surface area (Å²) in [5, 5.41) is 9.33. The Labute approximate surface area is 117 Å². The number of nitrogens with zero attached hydrogens (tertiary/aromatic N) is 1. The number of rotatable bonds is 3. The van der Waals surface area contributed by atoms with E-state index >= 15 is 0 Å². The van der Waals surface area contributed by atoms with Crippen LogP contribution in [0.3, 0.4) is 0 Å². The second-order valence-corrected chi connectivity index (χ2v) is 5.45. The highest BCUT2D eigenvalue weighted by Gasteiger charge is 2.46. The first-order chi connectivity index (χ1) is 9.36. The molecule has 2 unspecified atom stereocenters. The van der Waals surface area contributed by atoms with Crippen molar-refractivity contribution in [1.82, 2.24) is 4.90 Å². The number of carboxylic acid groups (broad SMARTS) is 1. The molecule has 0 bridgehead atoms. The number of halogens is 1. The lowest BCUT2D eigenvalue weighted by Crippen LogP contribution is -2.51. The molecule has 2 atom stereocenters. The number of carboxylic acids is 1. The van der Waals surface area contributed by atoms with Gasteiger partial charge >= 0.3 is 5.97 Å². The minimum absolute atomic E-state index is 0.266. The fourth-order valence-electron chi connectivity index (χ4n) is 2.69. The lowest BCUT2D eigenvalue weighted by molar-refractivity contribution is -0.155. The zero-order chi connectivity index (χ0) is 14.9. The molecule has 1 fully saturated rings. The van der Waals surface area contributed by atoms with Gasteiger partial charge in [0.1, 0.15) is 11.4 Å². The molecule has 0 saturated carbocycles. The third-order valence-electron chi connectivity index (χ3n) is 4.09. The maximum absolute atomic E-state index is 13.2. The first-order valence-electron chi connectivity index (χ1n) is 6.66. The van der Waals surface area contributed by atoms with E-state index in [1.165, 1.54) is 17.0 Å². The van der Waals surface area contributed by atoms with Crippen LogP contribution in [-0.2, 0) is 9.59 Å². The minimum Gasteiger partial charge on any atom is -0.480 e. The van der Waals surface area contributed by atoms with E-state index in [1.54, 1.807) is 26.0 Å². The highest BCUT2D eigenvalue weighted by molar-refractivity contribution is 5.90. The molecular formula is C15H18FNO3. The Balaban J connectivity index is 2.25. The zero-order valence-corrected chi connectivity index (χ0v) is 11.6. The van der Waals surface area contributed by atoms with Gasteiger partial charge in [0.05, 0.1) is 5.92 Å². The van der Waals surface area contributed by atoms with Gasteiger partial charge in [0.25, 0.3) is 0 Å². The molecule has 2 rings (SSSR count). The number of carbonyl (C=O) groups excluding carboxylic acids is 1. The SMILES string of the molecule is CC(C(=O)N1CCCC1(C)C(=O)O)c1cccc(F)c1. The molecule has 1 amide bonds. The second-order valence-electron chi connectivity index (χ2n) is 5.45. The van der Waals surface area contributed by atoms with Crippen molar-refractivity contribution in [3.63, 3.8) is 0 Å². The van der Waals surface area contributed by atoms with Crippen LogP contribution in [0.1, 0.15) is 38.2 Å². The standard InChI is InChI=1S/C15H18FNO3/c1-10(11-5-3-6-12(16)9-11)13(18)17-8-4-7-15(17,2)14(19)20/h3,5-6,9-10H,4,7-8H2,1-2H3,(H,19,20). The van der Waals surface area contributed by atoms with Crippen LogP contribution in [-0.4, -0.2) is 34.0 Å². The Bertz CT molecular complexity index is 546. The van der Waals surface area contributed by atoms with Gasteiger partial charge in [-0.05, 0) is 44.4 Å². The summed E-state index contributed by atoms with van der Waals surface area (Å²) >= 11 is 0. The van der Waals surface area contributed by atoms with Crippen molar-refractivity contribution >= 4 is 11.9 Å². The normalized spacial score (nSPS) is 23.6. The quantitative estimate of drug-likeness (QED) is 0.924. The van der Waals surface area contributed by atoms with Crippen LogP contribution in [0, 0.1) is 5.82 Å². The number of benzene rings is 1. The van der Waals surface area contributed by atoms with Gasteiger partial charge in [-0.25, -0.2) is 9.18 Å². The van der Waals surface area contributed by atoms with Crippen molar-refractivity contribution in [2.24, 2.45) is 0 Å². The third-order valence-corrected chi connectivity index (χ3v) is 4.09. The molecule has 108 valence electrons. The van der Waals surface area contributed by atoms with Crippen molar-refractivity contribution in [1.29, 1.82) is 0 Å². The molecule has 1 saturated heterocycles. The minimum atomic E-state index is -1.15. The van der Waals surface area contributed by atoms with Crippen LogP contribution in [0.15, 0.2) is 24.3 Å². The molecule has 1 aromatic rings. The lowest BCUT2D eigenvalue weighted by Gasteiger charge is -2.33. The number of hydrogen-bond acceptors (Lipinski definition) is 2. The summed E-state index contributed by atoms with van der Waals surface area (Å²) in [6.45, 7) is 3.68. The van der Waals surface area contributed by atoms with Crippen LogP contribution in [0.4, 0.5) is 4.39 Å². The molecule has 1 heterocycles. The number of carbonyl (C=O) groups is 2. The summed E-state index contributed by atoms with van der Waals surface area (Å²) in [5.74, 6) is -2.21. The van der Waals surface area contributed by atoms with Gasteiger partial charge in [-0.2, -0.15) is 0 Å². The first kappa shape index (κ1) is 14.5. The zero-order valence-electron chi connectivity index (χ0n) is 11.6. The first-order valence-corrected chi connectivity index (χ1v) is 6.66. The van der Waals surface area contributed by atoms with Gasteiger partial charge in [0, 0.05) is 6.54 Å². The van der Waals surface area contributed by atoms with Gasteiger partial charge < -0.3 is 10.0 Å². The molecule has 1 aliphatic rings. The number of hydrogen-bond donors (Lipinski definition) is 1. The molecule has 20 heavy (non-hydrogen) atoms. The largest absolute Gasteiger partial charge is 0.480 e. The molecule has 1 N–H and O–H groups in total. The van der Waals surface area contributed by atoms with Crippen LogP contribution >= 0.6 is 0 Å². The van der Waals surface area contributed by atoms with Crippen LogP contribution in [0.5, 0.6) is 0 Å². The van der Waals surface area contributed by atoms with Gasteiger partial charge in [-0.1, -0.05) is 12.1 Å². The van der Waals surface area contributed by atoms with E-state index in [-0.39, 0.29) is 5.91 Å². The van der Waals surface area contributed by atoms with Gasteiger partial charge in [-0.15, -0.1) is 0 Å². The Morgan fingerprint density at radius 2 is 2.15 bits per heavy atom. The van der Waals surface area contributed by atoms with E-state index in [0.29, 0.717) is 24.9 Å². The average molecular weight is 279 g/mol. The maximum atomic E-state index is 13.2. The fraction of sp³-hybridized carbons (Fsp3) is 0.467. The predicted molar refractivity (Wildman–Crippen MR) is 71.8 cm³/mol. The van der Waals surface area contributed by atoms with Crippen molar-refractivity contribution in [2.75, 3.05) is 6.54 Å². The Hall–Kier alpha value is -1.91. The molecule has 5 heteroatoms. The van der Waals surface area contributed by atoms with Crippen molar-refractivity contribution in [3.8, 4) is 0 Å². The van der Waals surface area contributed by atoms with E-state index < -0.39 is 23.2 Å². The molecule has 0 radical (unpaired) electrons. The van der Waals surface area contributed by atoms with E-state index in [9.17, 15) is 19.1 Å². The van der Waals surface area contributed by atoms with E-state index in [4.69, 9.17) is 0 Å². The average Bonchev–Trinajstić information content (AvgIpc) is 2.80. The van der Waals surface area contributed by atoms with E-state index in [2.05, 4.69) is 0 Å². The molecule has 0 aliphatic carbocycles. The van der Waals surface area contributed by atoms with Gasteiger partial charge in [-0.3, -0.25) is 4.79 Å². The molecular weight excluding hydrogens is 261 g/mol. The van der Waals surface area contributed by atoms with Crippen LogP contribution in [0.25, 0.3) is 0 Å². The summed E-state index contributed by atoms with van der Waals surface area (Å²) in [6, 6.07) is 5.86. The van der Waals surface area contributed by atoms with Crippen molar-refractivity contribution in [2.45, 2.75) is 38.1 Å². The molecule has 0 aromatic heterocycles. The fourth-order valence-corrected chi connectivity index (χ4v) is 2.69. The summed E-state index contributed by atoms with van der Waals surface area (Å²) in [5.41, 5.74) is -0.590. The molecule has 1 aliphatic heterocycles. The molecule has 4 nitrogen and oxygen atoms in total. The van der Waals surface area contributed by atoms with Gasteiger partial charge in [0.2, 0.25) is 5.91 Å². The smallest absolute Gasteiger partial charge is 0.329 e. The highest BCUT2D eigenvalue weighted by atomic mass is 19.1. The number of amides is 1. The topological polar surface area (TPSA) is 57.6 Å². The maximum Gasteiger partial charge on any atom is 0.329 e. The Morgan fingerprint density at radius 1 is 1.45 bits per heavy atom. The van der Waals surface area contributed by atoms with Crippen molar-refractivity contribution in [3.05, 3.63) is 35.6 Å². The molecule has 0 spiro atoms. The summed E-state index contributed by atoms with van der Waals surface area (Å²) in [4.78, 5) is 25.3. The molecule has 1 aromatic carbocycles. The van der Waals surface area contributed by atoms with Crippen LogP contribution in [0.2, 0.25) is 0 Å². The Morgan fingerprint density at radius 3 is 2.75 bits per heavy atom. The lowest BCUT2D eigenvalue weighted by atomic mass is 9.95. The summed E-state index contributed by atoms with van der Waals surface area (Å²) in [7, 11) is 0. The van der Waals surface area contributed by atoms with Crippen LogP contribution < -0.4 is 0 Å². The third kappa shape index (κ3) is 2.40. The Kier molecular flexibility index (Phi) is 3.79.